The first-order valence-electron chi connectivity index (χ1n) is 29.4. The first-order valence-corrected chi connectivity index (χ1v) is 29.4. The average molecular weight is 1240 g/mol. The molecule has 2 unspecified atom stereocenters. The van der Waals surface area contributed by atoms with Gasteiger partial charge in [0.05, 0.1) is 19.1 Å². The number of primary amides is 3. The van der Waals surface area contributed by atoms with Gasteiger partial charge >= 0.3 is 0 Å². The van der Waals surface area contributed by atoms with E-state index in [1.807, 2.05) is 30.5 Å². The normalized spacial score (nSPS) is 16.3. The number of phenols is 2. The van der Waals surface area contributed by atoms with Crippen LogP contribution in [0.1, 0.15) is 96.8 Å². The van der Waals surface area contributed by atoms with Crippen LogP contribution in [0.2, 0.25) is 0 Å². The number of aliphatic hydroxyl groups excluding tert-OH is 1. The first-order chi connectivity index (χ1) is 42.1. The molecule has 0 spiro atoms. The molecule has 3 aromatic carbocycles. The molecule has 1 fully saturated rings. The van der Waals surface area contributed by atoms with Crippen LogP contribution in [0.25, 0.3) is 10.9 Å². The molecule has 2 heterocycles. The lowest BCUT2D eigenvalue weighted by molar-refractivity contribution is -0.144. The number of H-pyrrole nitrogens is 1. The van der Waals surface area contributed by atoms with Crippen molar-refractivity contribution < 1.29 is 72.9 Å². The molecule has 0 radical (unpaired) electrons. The van der Waals surface area contributed by atoms with E-state index in [-0.39, 0.29) is 49.6 Å². The summed E-state index contributed by atoms with van der Waals surface area (Å²) >= 11 is 0. The van der Waals surface area contributed by atoms with E-state index in [9.17, 15) is 72.9 Å². The highest BCUT2D eigenvalue weighted by Crippen LogP contribution is 2.23. The van der Waals surface area contributed by atoms with Crippen molar-refractivity contribution in [3.8, 4) is 11.5 Å². The molecule has 1 aromatic heterocycles. The molecular formula is C61H83N13O15. The molecule has 89 heavy (non-hydrogen) atoms. The summed E-state index contributed by atoms with van der Waals surface area (Å²) in [6.07, 6.45) is -0.870. The smallest absolute Gasteiger partial charge is 0.248 e. The maximum atomic E-state index is 14.5. The SMILES string of the molecule is CC[C@@H](C)[C@H](NC(=O)[C@@H](NC(=O)[C@H](CC(N)=O)NC(=O)[C@H](CCC(N)=O)NC(=O)[C@@H]1CCCN1C(=O)[C@@H](NC(=O)[C@H](Cc1ccc(O)cc1)NC(=O)CNC(=O)[C@H](Cc1ccc(O)cc1)NC(=O)C(C)Cc1c[nH]c2ccccc12)C(C)O)C(C)C)C(N)=O. The highest BCUT2D eigenvalue weighted by atomic mass is 16.3. The Morgan fingerprint density at radius 2 is 1.16 bits per heavy atom. The highest BCUT2D eigenvalue weighted by Gasteiger charge is 2.42. The molecule has 18 N–H and O–H groups in total. The number of para-hydroxylation sites is 1. The van der Waals surface area contributed by atoms with Crippen LogP contribution in [0, 0.1) is 17.8 Å². The van der Waals surface area contributed by atoms with Gasteiger partial charge in [-0.15, -0.1) is 0 Å². The number of aromatic hydroxyl groups is 2. The van der Waals surface area contributed by atoms with Gasteiger partial charge in [-0.25, -0.2) is 0 Å². The van der Waals surface area contributed by atoms with Crippen LogP contribution in [0.5, 0.6) is 11.5 Å². The number of likely N-dealkylation sites (tertiary alicyclic amines) is 1. The van der Waals surface area contributed by atoms with Gasteiger partial charge in [0, 0.05) is 48.8 Å². The van der Waals surface area contributed by atoms with E-state index in [0.717, 1.165) is 21.4 Å². The number of phenolic OH excluding ortho intramolecular Hbond substituents is 2. The zero-order chi connectivity index (χ0) is 65.8. The average Bonchev–Trinajstić information content (AvgIpc) is 2.45. The maximum Gasteiger partial charge on any atom is 0.248 e. The third-order valence-electron chi connectivity index (χ3n) is 15.4. The highest BCUT2D eigenvalue weighted by molar-refractivity contribution is 6.00. The van der Waals surface area contributed by atoms with Crippen molar-refractivity contribution in [2.24, 2.45) is 35.0 Å². The van der Waals surface area contributed by atoms with Gasteiger partial charge in [-0.05, 0) is 91.5 Å². The van der Waals surface area contributed by atoms with Crippen LogP contribution < -0.4 is 59.7 Å². The van der Waals surface area contributed by atoms with Crippen molar-refractivity contribution in [1.82, 2.24) is 52.4 Å². The fraction of sp³-hybridized carbons (Fsp3) is 0.475. The van der Waals surface area contributed by atoms with Crippen LogP contribution in [-0.2, 0) is 76.8 Å². The van der Waals surface area contributed by atoms with Gasteiger partial charge in [0.15, 0.2) is 0 Å². The molecule has 1 aliphatic rings. The number of aromatic nitrogens is 1. The van der Waals surface area contributed by atoms with E-state index in [4.69, 9.17) is 17.2 Å². The van der Waals surface area contributed by atoms with Crippen LogP contribution in [0.15, 0.2) is 79.0 Å². The number of aromatic amines is 1. The molecule has 0 bridgehead atoms. The summed E-state index contributed by atoms with van der Waals surface area (Å²) in [5.74, 6) is -12.5. The standard InChI is InChI=1S/C61H83N13O15/c1-7-32(4)51(53(64)81)72-60(88)50(31(2)3)71-58(86)45(28-48(63)79)70-56(84)42(22-23-47(62)78)68-59(87)46-13-10-24-74(46)61(89)52(34(6)75)73-57(85)44(27-36-16-20-39(77)21-17-36)67-49(80)30-66-55(83)43(26-35-14-18-38(76)19-15-35)69-54(82)33(5)25-37-29-65-41-12-9-8-11-40(37)41/h8-9,11-12,14-21,29,31-34,42-46,50-52,65,75-77H,7,10,13,22-28,30H2,1-6H3,(H2,62,78)(H2,63,79)(H2,64,81)(H,66,83)(H,67,80)(H,68,87)(H,69,82)(H,70,84)(H,71,86)(H,72,88)(H,73,85)/t32-,33?,34?,42+,43+,44+,45+,46+,50+,51+,52+/m1/s1. The Kier molecular flexibility index (Phi) is 26.0. The number of nitrogens with one attached hydrogen (secondary N) is 9. The Morgan fingerprint density at radius 3 is 1.72 bits per heavy atom. The number of fused-ring (bicyclic) bond motifs is 1. The number of nitrogens with two attached hydrogens (primary N) is 3. The third-order valence-corrected chi connectivity index (χ3v) is 15.4. The van der Waals surface area contributed by atoms with Gasteiger partial charge in [0.2, 0.25) is 70.9 Å². The lowest BCUT2D eigenvalue weighted by atomic mass is 9.96. The summed E-state index contributed by atoms with van der Waals surface area (Å²) < 4.78 is 0. The number of aliphatic hydroxyl groups is 1. The molecule has 4 aromatic rings. The molecule has 11 atom stereocenters. The predicted molar refractivity (Wildman–Crippen MR) is 323 cm³/mol. The van der Waals surface area contributed by atoms with Gasteiger partial charge < -0.3 is 84.9 Å². The van der Waals surface area contributed by atoms with Gasteiger partial charge in [0.25, 0.3) is 0 Å². The van der Waals surface area contributed by atoms with Crippen molar-refractivity contribution >= 4 is 81.8 Å². The van der Waals surface area contributed by atoms with E-state index in [2.05, 4.69) is 47.5 Å². The number of nitrogens with zero attached hydrogens (tertiary/aromatic N) is 1. The number of hydrogen-bond donors (Lipinski definition) is 15. The van der Waals surface area contributed by atoms with Crippen molar-refractivity contribution in [2.75, 3.05) is 13.1 Å². The summed E-state index contributed by atoms with van der Waals surface area (Å²) in [7, 11) is 0. The monoisotopic (exact) mass is 1240 g/mol. The molecule has 28 heteroatoms. The number of hydrogen-bond acceptors (Lipinski definition) is 15. The third kappa shape index (κ3) is 20.8. The minimum atomic E-state index is -1.77. The van der Waals surface area contributed by atoms with Crippen molar-refractivity contribution in [3.63, 3.8) is 0 Å². The second-order valence-corrected chi connectivity index (χ2v) is 22.8. The fourth-order valence-electron chi connectivity index (χ4n) is 10.1. The van der Waals surface area contributed by atoms with Crippen molar-refractivity contribution in [2.45, 2.75) is 154 Å². The van der Waals surface area contributed by atoms with E-state index in [0.29, 0.717) is 24.0 Å². The van der Waals surface area contributed by atoms with Crippen LogP contribution in [0.4, 0.5) is 0 Å². The maximum absolute atomic E-state index is 14.5. The van der Waals surface area contributed by atoms with E-state index in [1.165, 1.54) is 43.3 Å². The second kappa shape index (κ2) is 32.9. The van der Waals surface area contributed by atoms with Gasteiger partial charge in [0.1, 0.15) is 59.8 Å². The molecular weight excluding hydrogens is 1150 g/mol. The molecule has 1 saturated heterocycles. The minimum Gasteiger partial charge on any atom is -0.508 e. The Morgan fingerprint density at radius 1 is 0.607 bits per heavy atom. The van der Waals surface area contributed by atoms with Crippen LogP contribution in [0.3, 0.4) is 0 Å². The van der Waals surface area contributed by atoms with Crippen LogP contribution >= 0.6 is 0 Å². The van der Waals surface area contributed by atoms with Crippen LogP contribution in [-0.4, -0.2) is 164 Å². The fourth-order valence-corrected chi connectivity index (χ4v) is 10.1. The summed E-state index contributed by atoms with van der Waals surface area (Å²) in [6, 6.07) is 7.46. The lowest BCUT2D eigenvalue weighted by Gasteiger charge is -2.32. The Hall–Kier alpha value is -9.60. The lowest BCUT2D eigenvalue weighted by Crippen LogP contribution is -2.62. The second-order valence-electron chi connectivity index (χ2n) is 22.8. The summed E-state index contributed by atoms with van der Waals surface area (Å²) in [4.78, 5) is 167. The summed E-state index contributed by atoms with van der Waals surface area (Å²) in [5, 5.41) is 52.1. The van der Waals surface area contributed by atoms with Crippen molar-refractivity contribution in [1.29, 1.82) is 0 Å². The Labute approximate surface area is 514 Å². The first kappa shape index (κ1) is 70.2. The number of carbonyl (C=O) groups excluding carboxylic acids is 12. The predicted octanol–water partition coefficient (Wildman–Crippen LogP) is -1.55. The molecule has 1 aliphatic heterocycles. The largest absolute Gasteiger partial charge is 0.508 e. The number of benzene rings is 3. The van der Waals surface area contributed by atoms with Crippen molar-refractivity contribution in [3.05, 3.63) is 95.7 Å². The number of amides is 12. The Bertz CT molecular complexity index is 3190. The van der Waals surface area contributed by atoms with Gasteiger partial charge in [-0.2, -0.15) is 0 Å². The molecule has 0 saturated carbocycles. The van der Waals surface area contributed by atoms with E-state index in [1.54, 1.807) is 46.8 Å². The Balaban J connectivity index is 1.29. The number of rotatable bonds is 33. The topological polar surface area (TPSA) is 459 Å². The molecule has 482 valence electrons. The molecule has 12 amide bonds. The molecule has 28 nitrogen and oxygen atoms in total. The zero-order valence-electron chi connectivity index (χ0n) is 50.6. The number of carbonyl (C=O) groups is 12. The van der Waals surface area contributed by atoms with Gasteiger partial charge in [-0.3, -0.25) is 57.5 Å². The summed E-state index contributed by atoms with van der Waals surface area (Å²) in [5.41, 5.74) is 19.2. The molecule has 5 rings (SSSR count). The zero-order valence-corrected chi connectivity index (χ0v) is 50.6. The van der Waals surface area contributed by atoms with Gasteiger partial charge in [-0.1, -0.05) is 83.5 Å². The van der Waals surface area contributed by atoms with E-state index >= 15 is 0 Å². The quantitative estimate of drug-likeness (QED) is 0.0257. The summed E-state index contributed by atoms with van der Waals surface area (Å²) in [6.45, 7) is 8.72. The molecule has 0 aliphatic carbocycles. The minimum absolute atomic E-state index is 0.00399. The van der Waals surface area contributed by atoms with E-state index < -0.39 is 163 Å².